The van der Waals surface area contributed by atoms with Crippen LogP contribution >= 0.6 is 0 Å². The molecule has 0 radical (unpaired) electrons. The van der Waals surface area contributed by atoms with Gasteiger partial charge in [0.1, 0.15) is 6.10 Å². The van der Waals surface area contributed by atoms with Crippen LogP contribution in [-0.2, 0) is 20.7 Å². The number of benzene rings is 1. The Morgan fingerprint density at radius 2 is 1.75 bits per heavy atom. The number of likely N-dealkylation sites (tertiary alicyclic amines) is 1. The average Bonchev–Trinajstić information content (AvgIpc) is 2.81. The second-order valence-electron chi connectivity index (χ2n) is 12.3. The van der Waals surface area contributed by atoms with Crippen molar-refractivity contribution in [2.24, 2.45) is 40.2 Å². The van der Waals surface area contributed by atoms with E-state index in [-0.39, 0.29) is 41.3 Å². The highest BCUT2D eigenvalue weighted by Crippen LogP contribution is 2.60. The molecule has 6 rings (SSSR count). The first-order valence-electron chi connectivity index (χ1n) is 13.4. The molecule has 4 aliphatic carbocycles. The lowest BCUT2D eigenvalue weighted by molar-refractivity contribution is -0.163. The minimum Gasteiger partial charge on any atom is -0.449 e. The van der Waals surface area contributed by atoms with E-state index in [4.69, 9.17) is 15.2 Å². The van der Waals surface area contributed by atoms with E-state index in [0.29, 0.717) is 32.2 Å². The van der Waals surface area contributed by atoms with Crippen molar-refractivity contribution in [2.75, 3.05) is 26.2 Å². The van der Waals surface area contributed by atoms with Crippen LogP contribution < -0.4 is 11.1 Å². The number of nitrogens with one attached hydrogen (secondary N) is 1. The molecule has 196 valence electrons. The van der Waals surface area contributed by atoms with Crippen LogP contribution in [0.15, 0.2) is 30.3 Å². The van der Waals surface area contributed by atoms with Gasteiger partial charge in [-0.15, -0.1) is 0 Å². The van der Waals surface area contributed by atoms with Crippen LogP contribution in [0.4, 0.5) is 9.59 Å². The average molecular weight is 498 g/mol. The van der Waals surface area contributed by atoms with Crippen molar-refractivity contribution < 1.29 is 23.9 Å². The number of hydrogen-bond donors (Lipinski definition) is 2. The van der Waals surface area contributed by atoms with E-state index >= 15 is 0 Å². The number of nitrogens with zero attached hydrogens (tertiary/aromatic N) is 1. The summed E-state index contributed by atoms with van der Waals surface area (Å²) >= 11 is 0. The van der Waals surface area contributed by atoms with Crippen molar-refractivity contribution in [3.63, 3.8) is 0 Å². The number of hydrogen-bond acceptors (Lipinski definition) is 5. The van der Waals surface area contributed by atoms with Gasteiger partial charge in [-0.2, -0.15) is 0 Å². The molecule has 0 aromatic heterocycles. The zero-order valence-electron chi connectivity index (χ0n) is 21.4. The fourth-order valence-electron chi connectivity index (χ4n) is 7.42. The SMILES string of the molecule is CC(C)COC(=O)NCC1(Cc2ccccc2)CN(C(=O)OC2C3CC4CC2CC(C(N)=O)(C4)C3)C1. The predicted molar refractivity (Wildman–Crippen MR) is 134 cm³/mol. The molecule has 3 N–H and O–H groups in total. The summed E-state index contributed by atoms with van der Waals surface area (Å²) < 4.78 is 11.4. The van der Waals surface area contributed by atoms with Crippen molar-refractivity contribution in [3.8, 4) is 0 Å². The maximum absolute atomic E-state index is 13.2. The van der Waals surface area contributed by atoms with Gasteiger partial charge in [0.2, 0.25) is 5.91 Å². The highest BCUT2D eigenvalue weighted by atomic mass is 16.6. The minimum absolute atomic E-state index is 0.130. The Kier molecular flexibility index (Phi) is 6.64. The zero-order chi connectivity index (χ0) is 25.5. The van der Waals surface area contributed by atoms with Crippen LogP contribution in [0.1, 0.15) is 51.5 Å². The molecule has 3 amide bonds. The third-order valence-electron chi connectivity index (χ3n) is 8.83. The van der Waals surface area contributed by atoms with Crippen molar-refractivity contribution in [1.82, 2.24) is 10.2 Å². The standard InChI is InChI=1S/C28H39N3O5/c1-18(2)14-35-25(33)30-15-27(10-19-6-4-3-5-7-19)16-31(17-27)26(34)36-23-21-8-20-9-22(23)13-28(11-20,12-21)24(29)32/h3-7,18,20-23H,8-17H2,1-2H3,(H2,29,32)(H,30,33). The van der Waals surface area contributed by atoms with Crippen molar-refractivity contribution in [2.45, 2.75) is 58.5 Å². The van der Waals surface area contributed by atoms with Crippen LogP contribution in [0.25, 0.3) is 0 Å². The Balaban J connectivity index is 1.20. The monoisotopic (exact) mass is 497 g/mol. The van der Waals surface area contributed by atoms with E-state index in [2.05, 4.69) is 17.4 Å². The highest BCUT2D eigenvalue weighted by molar-refractivity contribution is 5.81. The molecule has 5 fully saturated rings. The summed E-state index contributed by atoms with van der Waals surface area (Å²) in [4.78, 5) is 39.4. The van der Waals surface area contributed by atoms with E-state index in [1.54, 1.807) is 4.90 Å². The summed E-state index contributed by atoms with van der Waals surface area (Å²) in [6, 6.07) is 10.1. The third kappa shape index (κ3) is 4.91. The van der Waals surface area contributed by atoms with Gasteiger partial charge in [0, 0.05) is 25.0 Å². The van der Waals surface area contributed by atoms with Crippen molar-refractivity contribution in [1.29, 1.82) is 0 Å². The highest BCUT2D eigenvalue weighted by Gasteiger charge is 2.59. The van der Waals surface area contributed by atoms with Crippen LogP contribution in [0.5, 0.6) is 0 Å². The number of amides is 3. The molecule has 36 heavy (non-hydrogen) atoms. The van der Waals surface area contributed by atoms with E-state index in [0.717, 1.165) is 38.5 Å². The van der Waals surface area contributed by atoms with Gasteiger partial charge in [0.15, 0.2) is 0 Å². The second-order valence-corrected chi connectivity index (χ2v) is 12.3. The number of carbonyl (C=O) groups excluding carboxylic acids is 3. The van der Waals surface area contributed by atoms with Gasteiger partial charge < -0.3 is 25.4 Å². The predicted octanol–water partition coefficient (Wildman–Crippen LogP) is 3.73. The van der Waals surface area contributed by atoms with Gasteiger partial charge >= 0.3 is 12.2 Å². The molecule has 1 aromatic rings. The van der Waals surface area contributed by atoms with Crippen LogP contribution in [0.2, 0.25) is 0 Å². The molecular weight excluding hydrogens is 458 g/mol. The Bertz CT molecular complexity index is 974. The first-order valence-corrected chi connectivity index (χ1v) is 13.4. The fraction of sp³-hybridized carbons (Fsp3) is 0.679. The summed E-state index contributed by atoms with van der Waals surface area (Å²) in [7, 11) is 0. The van der Waals surface area contributed by atoms with E-state index in [1.165, 1.54) is 5.56 Å². The number of nitrogens with two attached hydrogens (primary N) is 1. The summed E-state index contributed by atoms with van der Waals surface area (Å²) in [5, 5.41) is 2.92. The van der Waals surface area contributed by atoms with E-state index < -0.39 is 11.5 Å². The van der Waals surface area contributed by atoms with Crippen molar-refractivity contribution in [3.05, 3.63) is 35.9 Å². The van der Waals surface area contributed by atoms with Crippen molar-refractivity contribution >= 4 is 18.1 Å². The molecule has 1 saturated heterocycles. The summed E-state index contributed by atoms with van der Waals surface area (Å²) in [6.07, 6.45) is 4.33. The molecule has 4 bridgehead atoms. The molecule has 8 heteroatoms. The molecule has 8 nitrogen and oxygen atoms in total. The summed E-state index contributed by atoms with van der Waals surface area (Å²) in [5.74, 6) is 1.06. The molecule has 1 aliphatic heterocycles. The van der Waals surface area contributed by atoms with E-state index in [1.807, 2.05) is 32.0 Å². The number of ether oxygens (including phenoxy) is 2. The van der Waals surface area contributed by atoms with E-state index in [9.17, 15) is 14.4 Å². The van der Waals surface area contributed by atoms with Crippen LogP contribution in [0.3, 0.4) is 0 Å². The number of rotatable bonds is 8. The van der Waals surface area contributed by atoms with Gasteiger partial charge in [-0.1, -0.05) is 44.2 Å². The molecule has 0 spiro atoms. The topological polar surface area (TPSA) is 111 Å². The molecule has 4 saturated carbocycles. The smallest absolute Gasteiger partial charge is 0.410 e. The van der Waals surface area contributed by atoms with Gasteiger partial charge in [0.05, 0.1) is 12.0 Å². The fourth-order valence-corrected chi connectivity index (χ4v) is 7.42. The minimum atomic E-state index is -0.422. The first kappa shape index (κ1) is 24.9. The van der Waals surface area contributed by atoms with Crippen LogP contribution in [0, 0.1) is 34.5 Å². The lowest BCUT2D eigenvalue weighted by Crippen LogP contribution is -2.65. The summed E-state index contributed by atoms with van der Waals surface area (Å²) in [5.41, 5.74) is 6.31. The number of alkyl carbamates (subject to hydrolysis) is 1. The van der Waals surface area contributed by atoms with Crippen LogP contribution in [-0.4, -0.2) is 55.3 Å². The molecule has 2 unspecified atom stereocenters. The molecule has 1 aromatic carbocycles. The molecule has 5 aliphatic rings. The normalized spacial score (nSPS) is 31.6. The second kappa shape index (κ2) is 9.60. The van der Waals surface area contributed by atoms with Gasteiger partial charge in [-0.25, -0.2) is 9.59 Å². The lowest BCUT2D eigenvalue weighted by atomic mass is 9.48. The Labute approximate surface area is 213 Å². The third-order valence-corrected chi connectivity index (χ3v) is 8.83. The maximum atomic E-state index is 13.2. The lowest BCUT2D eigenvalue weighted by Gasteiger charge is -2.58. The Hall–Kier alpha value is -2.77. The van der Waals surface area contributed by atoms with Gasteiger partial charge in [-0.05, 0) is 67.8 Å². The van der Waals surface area contributed by atoms with Gasteiger partial charge in [-0.3, -0.25) is 4.79 Å². The largest absolute Gasteiger partial charge is 0.449 e. The summed E-state index contributed by atoms with van der Waals surface area (Å²) in [6.45, 7) is 5.83. The number of carbonyl (C=O) groups is 3. The molecule has 2 atom stereocenters. The zero-order valence-corrected chi connectivity index (χ0v) is 21.4. The molecule has 1 heterocycles. The first-order chi connectivity index (χ1) is 17.2. The Morgan fingerprint density at radius 1 is 1.08 bits per heavy atom. The Morgan fingerprint density at radius 3 is 2.36 bits per heavy atom. The maximum Gasteiger partial charge on any atom is 0.410 e. The number of primary amides is 1. The molecular formula is C28H39N3O5. The quantitative estimate of drug-likeness (QED) is 0.569. The van der Waals surface area contributed by atoms with Gasteiger partial charge in [0.25, 0.3) is 0 Å².